The Balaban J connectivity index is 3.49. The van der Waals surface area contributed by atoms with Gasteiger partial charge in [0.15, 0.2) is 0 Å². The summed E-state index contributed by atoms with van der Waals surface area (Å²) < 4.78 is 0. The molecule has 2 atom stereocenters. The number of aliphatic hydroxyl groups is 2. The van der Waals surface area contributed by atoms with Gasteiger partial charge in [-0.2, -0.15) is 0 Å². The Hall–Kier alpha value is -0.900. The summed E-state index contributed by atoms with van der Waals surface area (Å²) >= 11 is 0. The monoisotopic (exact) mass is 295 g/mol. The van der Waals surface area contributed by atoms with Crippen molar-refractivity contribution in [2.75, 3.05) is 6.61 Å². The Labute approximate surface area is 130 Å². The standard InChI is InChI=1S/C18H33NO2/c1-2-3-4-5-6-7-8-9-10-11-12-13-14-15-18(21)17(19)16-20/h8-11,14-15,17-18,20-21H,2-7,12-13,16,19H2,1H3/b9-8+,11-10+,15-14+. The van der Waals surface area contributed by atoms with Gasteiger partial charge in [0.05, 0.1) is 18.8 Å². The van der Waals surface area contributed by atoms with E-state index in [1.807, 2.05) is 6.08 Å². The number of unbranched alkanes of at least 4 members (excludes halogenated alkanes) is 6. The van der Waals surface area contributed by atoms with Crippen LogP contribution in [0.4, 0.5) is 0 Å². The van der Waals surface area contributed by atoms with Crippen LogP contribution in [-0.2, 0) is 0 Å². The lowest BCUT2D eigenvalue weighted by Crippen LogP contribution is -2.36. The topological polar surface area (TPSA) is 66.5 Å². The number of aliphatic hydroxyl groups excluding tert-OH is 2. The highest BCUT2D eigenvalue weighted by molar-refractivity contribution is 5.03. The zero-order chi connectivity index (χ0) is 15.8. The molecule has 0 aliphatic heterocycles. The molecule has 0 aromatic rings. The van der Waals surface area contributed by atoms with Gasteiger partial charge in [0.25, 0.3) is 0 Å². The summed E-state index contributed by atoms with van der Waals surface area (Å²) in [7, 11) is 0. The van der Waals surface area contributed by atoms with Crippen molar-refractivity contribution in [2.45, 2.75) is 70.4 Å². The zero-order valence-electron chi connectivity index (χ0n) is 13.5. The van der Waals surface area contributed by atoms with Crippen LogP contribution in [0.5, 0.6) is 0 Å². The molecule has 2 unspecified atom stereocenters. The normalized spacial score (nSPS) is 15.4. The van der Waals surface area contributed by atoms with Crippen LogP contribution in [0.1, 0.15) is 58.3 Å². The van der Waals surface area contributed by atoms with Crippen LogP contribution >= 0.6 is 0 Å². The first-order valence-corrected chi connectivity index (χ1v) is 8.25. The van der Waals surface area contributed by atoms with Gasteiger partial charge in [-0.05, 0) is 25.7 Å². The molecule has 0 aliphatic carbocycles. The highest BCUT2D eigenvalue weighted by Crippen LogP contribution is 2.05. The molecule has 4 N–H and O–H groups in total. The largest absolute Gasteiger partial charge is 0.395 e. The maximum absolute atomic E-state index is 9.49. The van der Waals surface area contributed by atoms with E-state index in [0.29, 0.717) is 0 Å². The molecule has 0 saturated heterocycles. The van der Waals surface area contributed by atoms with Crippen LogP contribution in [-0.4, -0.2) is 29.0 Å². The van der Waals surface area contributed by atoms with Crippen LogP contribution < -0.4 is 5.73 Å². The third-order valence-electron chi connectivity index (χ3n) is 3.34. The fourth-order valence-electron chi connectivity index (χ4n) is 1.89. The van der Waals surface area contributed by atoms with Gasteiger partial charge < -0.3 is 15.9 Å². The summed E-state index contributed by atoms with van der Waals surface area (Å²) in [4.78, 5) is 0. The quantitative estimate of drug-likeness (QED) is 0.277. The first-order valence-electron chi connectivity index (χ1n) is 8.25. The van der Waals surface area contributed by atoms with Crippen molar-refractivity contribution >= 4 is 0 Å². The summed E-state index contributed by atoms with van der Waals surface area (Å²) in [6.07, 6.45) is 21.0. The average molecular weight is 295 g/mol. The Bertz CT molecular complexity index is 298. The van der Waals surface area contributed by atoms with Crippen molar-refractivity contribution < 1.29 is 10.2 Å². The van der Waals surface area contributed by atoms with E-state index in [-0.39, 0.29) is 6.61 Å². The SMILES string of the molecule is CCCCCCC/C=C/C=C/CC/C=C/C(O)C(N)CO. The number of rotatable bonds is 13. The average Bonchev–Trinajstić information content (AvgIpc) is 2.50. The third-order valence-corrected chi connectivity index (χ3v) is 3.34. The molecule has 0 aromatic heterocycles. The number of hydrogen-bond acceptors (Lipinski definition) is 3. The molecule has 0 rings (SSSR count). The van der Waals surface area contributed by atoms with E-state index in [2.05, 4.69) is 31.2 Å². The molecule has 122 valence electrons. The summed E-state index contributed by atoms with van der Waals surface area (Å²) in [5, 5.41) is 18.3. The molecule has 0 aliphatic rings. The molecular formula is C18H33NO2. The predicted octanol–water partition coefficient (Wildman–Crippen LogP) is 3.48. The molecule has 0 bridgehead atoms. The lowest BCUT2D eigenvalue weighted by atomic mass is 10.1. The smallest absolute Gasteiger partial charge is 0.0894 e. The Morgan fingerprint density at radius 3 is 2.19 bits per heavy atom. The highest BCUT2D eigenvalue weighted by atomic mass is 16.3. The summed E-state index contributed by atoms with van der Waals surface area (Å²) in [6.45, 7) is 2.04. The fourth-order valence-corrected chi connectivity index (χ4v) is 1.89. The summed E-state index contributed by atoms with van der Waals surface area (Å²) in [5.41, 5.74) is 5.49. The Morgan fingerprint density at radius 2 is 1.52 bits per heavy atom. The lowest BCUT2D eigenvalue weighted by molar-refractivity contribution is 0.144. The molecule has 0 fully saturated rings. The second-order valence-corrected chi connectivity index (χ2v) is 5.40. The van der Waals surface area contributed by atoms with Crippen LogP contribution in [0.2, 0.25) is 0 Å². The van der Waals surface area contributed by atoms with Gasteiger partial charge in [0.2, 0.25) is 0 Å². The molecule has 3 heteroatoms. The van der Waals surface area contributed by atoms with Crippen molar-refractivity contribution in [2.24, 2.45) is 5.73 Å². The van der Waals surface area contributed by atoms with Gasteiger partial charge in [0.1, 0.15) is 0 Å². The number of allylic oxidation sites excluding steroid dienone is 5. The van der Waals surface area contributed by atoms with E-state index >= 15 is 0 Å². The van der Waals surface area contributed by atoms with Gasteiger partial charge in [-0.15, -0.1) is 0 Å². The first kappa shape index (κ1) is 20.1. The molecule has 0 aromatic carbocycles. The van der Waals surface area contributed by atoms with Crippen molar-refractivity contribution in [3.63, 3.8) is 0 Å². The van der Waals surface area contributed by atoms with Gasteiger partial charge in [-0.3, -0.25) is 0 Å². The molecular weight excluding hydrogens is 262 g/mol. The van der Waals surface area contributed by atoms with Crippen molar-refractivity contribution in [3.8, 4) is 0 Å². The van der Waals surface area contributed by atoms with Crippen molar-refractivity contribution in [1.82, 2.24) is 0 Å². The molecule has 3 nitrogen and oxygen atoms in total. The maximum atomic E-state index is 9.49. The van der Waals surface area contributed by atoms with Gasteiger partial charge >= 0.3 is 0 Å². The van der Waals surface area contributed by atoms with E-state index in [4.69, 9.17) is 10.8 Å². The molecule has 0 amide bonds. The van der Waals surface area contributed by atoms with Crippen LogP contribution in [0.3, 0.4) is 0 Å². The van der Waals surface area contributed by atoms with E-state index in [1.54, 1.807) is 6.08 Å². The number of hydrogen-bond donors (Lipinski definition) is 3. The minimum Gasteiger partial charge on any atom is -0.395 e. The van der Waals surface area contributed by atoms with Crippen molar-refractivity contribution in [3.05, 3.63) is 36.5 Å². The van der Waals surface area contributed by atoms with Crippen LogP contribution in [0, 0.1) is 0 Å². The van der Waals surface area contributed by atoms with E-state index in [1.165, 1.54) is 38.5 Å². The second-order valence-electron chi connectivity index (χ2n) is 5.40. The van der Waals surface area contributed by atoms with Gasteiger partial charge in [-0.25, -0.2) is 0 Å². The van der Waals surface area contributed by atoms with Crippen molar-refractivity contribution in [1.29, 1.82) is 0 Å². The molecule has 0 spiro atoms. The molecule has 0 radical (unpaired) electrons. The predicted molar refractivity (Wildman–Crippen MR) is 91.1 cm³/mol. The summed E-state index contributed by atoms with van der Waals surface area (Å²) in [5.74, 6) is 0. The fraction of sp³-hybridized carbons (Fsp3) is 0.667. The van der Waals surface area contributed by atoms with Gasteiger partial charge in [-0.1, -0.05) is 69.1 Å². The minimum absolute atomic E-state index is 0.200. The van der Waals surface area contributed by atoms with Crippen LogP contribution in [0.25, 0.3) is 0 Å². The van der Waals surface area contributed by atoms with Crippen LogP contribution in [0.15, 0.2) is 36.5 Å². The summed E-state index contributed by atoms with van der Waals surface area (Å²) in [6, 6.07) is -0.586. The molecule has 0 heterocycles. The Kier molecular flexibility index (Phi) is 14.8. The molecule has 0 saturated carbocycles. The van der Waals surface area contributed by atoms with E-state index < -0.39 is 12.1 Å². The first-order chi connectivity index (χ1) is 10.2. The second kappa shape index (κ2) is 15.5. The lowest BCUT2D eigenvalue weighted by Gasteiger charge is -2.11. The Morgan fingerprint density at radius 1 is 0.905 bits per heavy atom. The highest BCUT2D eigenvalue weighted by Gasteiger charge is 2.08. The maximum Gasteiger partial charge on any atom is 0.0894 e. The van der Waals surface area contributed by atoms with E-state index in [0.717, 1.165) is 12.8 Å². The zero-order valence-corrected chi connectivity index (χ0v) is 13.5. The minimum atomic E-state index is -0.758. The van der Waals surface area contributed by atoms with Gasteiger partial charge in [0, 0.05) is 0 Å². The van der Waals surface area contributed by atoms with E-state index in [9.17, 15) is 5.11 Å². The molecule has 21 heavy (non-hydrogen) atoms. The number of nitrogens with two attached hydrogens (primary N) is 1. The third kappa shape index (κ3) is 13.8.